The smallest absolute Gasteiger partial charge is 0.254 e. The van der Waals surface area contributed by atoms with Crippen molar-refractivity contribution in [3.63, 3.8) is 0 Å². The van der Waals surface area contributed by atoms with E-state index in [0.29, 0.717) is 6.61 Å². The van der Waals surface area contributed by atoms with E-state index in [4.69, 9.17) is 4.74 Å². The monoisotopic (exact) mass is 316 g/mol. The van der Waals surface area contributed by atoms with Crippen molar-refractivity contribution < 1.29 is 9.53 Å². The molecule has 3 rings (SSSR count). The minimum absolute atomic E-state index is 0.219. The predicted octanol–water partition coefficient (Wildman–Crippen LogP) is 2.68. The van der Waals surface area contributed by atoms with Gasteiger partial charge in [0.1, 0.15) is 5.60 Å². The molecule has 0 radical (unpaired) electrons. The predicted molar refractivity (Wildman–Crippen MR) is 91.1 cm³/mol. The van der Waals surface area contributed by atoms with E-state index in [2.05, 4.69) is 42.2 Å². The highest BCUT2D eigenvalue weighted by atomic mass is 16.5. The van der Waals surface area contributed by atoms with Crippen molar-refractivity contribution in [1.82, 2.24) is 9.80 Å². The van der Waals surface area contributed by atoms with E-state index >= 15 is 0 Å². The third kappa shape index (κ3) is 4.12. The summed E-state index contributed by atoms with van der Waals surface area (Å²) in [5, 5.41) is 0. The van der Waals surface area contributed by atoms with Crippen LogP contribution in [-0.4, -0.2) is 54.1 Å². The Labute approximate surface area is 139 Å². The van der Waals surface area contributed by atoms with Gasteiger partial charge in [0.25, 0.3) is 5.91 Å². The number of ether oxygens (including phenoxy) is 1. The SMILES string of the molecule is CCN1CCCCN(Cc2ccccc2)CCOC2(CC2)C1=O. The van der Waals surface area contributed by atoms with Gasteiger partial charge in [0.2, 0.25) is 0 Å². The summed E-state index contributed by atoms with van der Waals surface area (Å²) >= 11 is 0. The first-order chi connectivity index (χ1) is 11.2. The number of rotatable bonds is 3. The van der Waals surface area contributed by atoms with Gasteiger partial charge in [0.15, 0.2) is 0 Å². The standard InChI is InChI=1S/C19H28N2O2/c1-2-21-13-7-6-12-20(16-17-8-4-3-5-9-17)14-15-23-19(10-11-19)18(21)22/h3-5,8-9H,2,6-7,10-16H2,1H3. The zero-order valence-corrected chi connectivity index (χ0v) is 14.2. The maximum atomic E-state index is 12.7. The Hall–Kier alpha value is -1.39. The molecule has 1 saturated heterocycles. The number of hydrogen-bond donors (Lipinski definition) is 0. The second-order valence-electron chi connectivity index (χ2n) is 6.70. The molecule has 4 heteroatoms. The van der Waals surface area contributed by atoms with Gasteiger partial charge >= 0.3 is 0 Å². The van der Waals surface area contributed by atoms with Gasteiger partial charge in [-0.3, -0.25) is 9.69 Å². The second kappa shape index (κ2) is 7.45. The fourth-order valence-electron chi connectivity index (χ4n) is 3.34. The number of nitrogens with zero attached hydrogens (tertiary/aromatic N) is 2. The van der Waals surface area contributed by atoms with Crippen LogP contribution in [0.5, 0.6) is 0 Å². The molecule has 1 aliphatic carbocycles. The highest BCUT2D eigenvalue weighted by molar-refractivity contribution is 5.88. The average Bonchev–Trinajstić information content (AvgIpc) is 3.36. The average molecular weight is 316 g/mol. The van der Waals surface area contributed by atoms with Crippen LogP contribution < -0.4 is 0 Å². The summed E-state index contributed by atoms with van der Waals surface area (Å²) in [5.74, 6) is 0.219. The topological polar surface area (TPSA) is 32.8 Å². The van der Waals surface area contributed by atoms with Crippen molar-refractivity contribution in [3.05, 3.63) is 35.9 Å². The van der Waals surface area contributed by atoms with Gasteiger partial charge in [-0.1, -0.05) is 30.3 Å². The molecule has 4 nitrogen and oxygen atoms in total. The van der Waals surface area contributed by atoms with E-state index in [1.165, 1.54) is 5.56 Å². The molecule has 0 aromatic heterocycles. The normalized spacial score (nSPS) is 22.8. The third-order valence-corrected chi connectivity index (χ3v) is 4.95. The molecule has 2 aliphatic rings. The molecule has 1 aromatic rings. The molecule has 1 aromatic carbocycles. The lowest BCUT2D eigenvalue weighted by Gasteiger charge is -2.26. The largest absolute Gasteiger partial charge is 0.364 e. The molecule has 1 spiro atoms. The molecule has 23 heavy (non-hydrogen) atoms. The summed E-state index contributed by atoms with van der Waals surface area (Å²) in [4.78, 5) is 17.1. The van der Waals surface area contributed by atoms with Crippen LogP contribution in [0.15, 0.2) is 30.3 Å². The van der Waals surface area contributed by atoms with Gasteiger partial charge in [-0.2, -0.15) is 0 Å². The van der Waals surface area contributed by atoms with Crippen LogP contribution in [0.1, 0.15) is 38.2 Å². The maximum Gasteiger partial charge on any atom is 0.254 e. The first kappa shape index (κ1) is 16.5. The Morgan fingerprint density at radius 1 is 1.09 bits per heavy atom. The molecule has 0 bridgehead atoms. The Morgan fingerprint density at radius 2 is 1.83 bits per heavy atom. The molecule has 1 heterocycles. The number of hydrogen-bond acceptors (Lipinski definition) is 3. The van der Waals surface area contributed by atoms with Gasteiger partial charge in [0, 0.05) is 26.2 Å². The van der Waals surface area contributed by atoms with Crippen LogP contribution in [0.3, 0.4) is 0 Å². The first-order valence-corrected chi connectivity index (χ1v) is 8.93. The fraction of sp³-hybridized carbons (Fsp3) is 0.632. The summed E-state index contributed by atoms with van der Waals surface area (Å²) < 4.78 is 6.05. The first-order valence-electron chi connectivity index (χ1n) is 8.93. The molecule has 126 valence electrons. The molecule has 1 aliphatic heterocycles. The second-order valence-corrected chi connectivity index (χ2v) is 6.70. The zero-order valence-electron chi connectivity index (χ0n) is 14.2. The van der Waals surface area contributed by atoms with E-state index in [9.17, 15) is 4.79 Å². The number of benzene rings is 1. The van der Waals surface area contributed by atoms with Crippen LogP contribution in [0.4, 0.5) is 0 Å². The molecule has 2 fully saturated rings. The highest BCUT2D eigenvalue weighted by Crippen LogP contribution is 2.41. The summed E-state index contributed by atoms with van der Waals surface area (Å²) in [6.45, 7) is 7.29. The Morgan fingerprint density at radius 3 is 2.52 bits per heavy atom. The number of likely N-dealkylation sites (N-methyl/N-ethyl adjacent to an activating group) is 1. The van der Waals surface area contributed by atoms with E-state index < -0.39 is 5.60 Å². The van der Waals surface area contributed by atoms with Gasteiger partial charge in [0.05, 0.1) is 6.61 Å². The zero-order chi connectivity index (χ0) is 16.1. The van der Waals surface area contributed by atoms with E-state index in [1.807, 2.05) is 4.90 Å². The summed E-state index contributed by atoms with van der Waals surface area (Å²) in [7, 11) is 0. The minimum Gasteiger partial charge on any atom is -0.364 e. The summed E-state index contributed by atoms with van der Waals surface area (Å²) in [6.07, 6.45) is 3.98. The Balaban J connectivity index is 1.63. The minimum atomic E-state index is -0.487. The lowest BCUT2D eigenvalue weighted by Crippen LogP contribution is -2.43. The number of amides is 1. The van der Waals surface area contributed by atoms with Gasteiger partial charge in [-0.05, 0) is 44.7 Å². The Kier molecular flexibility index (Phi) is 5.34. The quantitative estimate of drug-likeness (QED) is 0.859. The van der Waals surface area contributed by atoms with Gasteiger partial charge in [-0.15, -0.1) is 0 Å². The molecule has 0 unspecified atom stereocenters. The van der Waals surface area contributed by atoms with E-state index in [-0.39, 0.29) is 5.91 Å². The summed E-state index contributed by atoms with van der Waals surface area (Å²) in [6, 6.07) is 10.6. The van der Waals surface area contributed by atoms with E-state index in [1.54, 1.807) is 0 Å². The van der Waals surface area contributed by atoms with Crippen molar-refractivity contribution >= 4 is 5.91 Å². The summed E-state index contributed by atoms with van der Waals surface area (Å²) in [5.41, 5.74) is 0.855. The molecule has 1 saturated carbocycles. The van der Waals surface area contributed by atoms with Crippen molar-refractivity contribution in [2.24, 2.45) is 0 Å². The molecular formula is C19H28N2O2. The lowest BCUT2D eigenvalue weighted by molar-refractivity contribution is -0.146. The van der Waals surface area contributed by atoms with Crippen LogP contribution in [0.25, 0.3) is 0 Å². The van der Waals surface area contributed by atoms with Crippen molar-refractivity contribution in [1.29, 1.82) is 0 Å². The van der Waals surface area contributed by atoms with Crippen molar-refractivity contribution in [2.45, 2.75) is 44.8 Å². The number of carbonyl (C=O) groups excluding carboxylic acids is 1. The lowest BCUT2D eigenvalue weighted by atomic mass is 10.2. The van der Waals surface area contributed by atoms with Crippen LogP contribution >= 0.6 is 0 Å². The number of carbonyl (C=O) groups is 1. The van der Waals surface area contributed by atoms with Crippen LogP contribution in [0, 0.1) is 0 Å². The third-order valence-electron chi connectivity index (χ3n) is 4.95. The van der Waals surface area contributed by atoms with Crippen molar-refractivity contribution in [2.75, 3.05) is 32.8 Å². The maximum absolute atomic E-state index is 12.7. The van der Waals surface area contributed by atoms with E-state index in [0.717, 1.165) is 58.4 Å². The molecule has 0 N–H and O–H groups in total. The van der Waals surface area contributed by atoms with Crippen LogP contribution in [0.2, 0.25) is 0 Å². The Bertz CT molecular complexity index is 513. The fourth-order valence-corrected chi connectivity index (χ4v) is 3.34. The van der Waals surface area contributed by atoms with Gasteiger partial charge in [-0.25, -0.2) is 0 Å². The van der Waals surface area contributed by atoms with Gasteiger partial charge < -0.3 is 9.64 Å². The van der Waals surface area contributed by atoms with Crippen LogP contribution in [-0.2, 0) is 16.1 Å². The molecule has 1 amide bonds. The molecular weight excluding hydrogens is 288 g/mol. The highest BCUT2D eigenvalue weighted by Gasteiger charge is 2.53. The molecule has 0 atom stereocenters. The van der Waals surface area contributed by atoms with Crippen molar-refractivity contribution in [3.8, 4) is 0 Å².